The molecule has 0 heterocycles. The first kappa shape index (κ1) is 15.5. The molecule has 0 unspecified atom stereocenters. The van der Waals surface area contributed by atoms with E-state index >= 15 is 0 Å². The Morgan fingerprint density at radius 2 is 1.67 bits per heavy atom. The molecule has 0 aliphatic heterocycles. The van der Waals surface area contributed by atoms with Crippen molar-refractivity contribution in [3.05, 3.63) is 54.3 Å². The normalized spacial score (nSPS) is 10.6. The number of hydrogen-bond donors (Lipinski definition) is 1. The van der Waals surface area contributed by atoms with E-state index in [0.29, 0.717) is 17.9 Å². The summed E-state index contributed by atoms with van der Waals surface area (Å²) in [5, 5.41) is 8.68. The fraction of sp³-hybridized carbons (Fsp3) is 0.333. The van der Waals surface area contributed by atoms with Gasteiger partial charge in [0, 0.05) is 18.2 Å². The first-order valence-corrected chi connectivity index (χ1v) is 7.40. The molecule has 0 atom stereocenters. The third-order valence-electron chi connectivity index (χ3n) is 3.35. The molecule has 0 aliphatic rings. The highest BCUT2D eigenvalue weighted by Crippen LogP contribution is 2.26. The molecule has 3 heteroatoms. The van der Waals surface area contributed by atoms with Crippen LogP contribution in [0.5, 0.6) is 5.75 Å². The summed E-state index contributed by atoms with van der Waals surface area (Å²) in [4.78, 5) is 0. The van der Waals surface area contributed by atoms with Crippen LogP contribution in [0.4, 0.5) is 4.39 Å². The van der Waals surface area contributed by atoms with Gasteiger partial charge in [-0.3, -0.25) is 0 Å². The number of aliphatic hydroxyl groups is 1. The van der Waals surface area contributed by atoms with Gasteiger partial charge in [-0.15, -0.1) is 0 Å². The molecule has 112 valence electrons. The van der Waals surface area contributed by atoms with Gasteiger partial charge in [0.25, 0.3) is 0 Å². The van der Waals surface area contributed by atoms with E-state index in [4.69, 9.17) is 9.84 Å². The van der Waals surface area contributed by atoms with E-state index in [1.165, 1.54) is 6.07 Å². The van der Waals surface area contributed by atoms with Gasteiger partial charge in [-0.25, -0.2) is 4.39 Å². The Balaban J connectivity index is 1.88. The van der Waals surface area contributed by atoms with Crippen molar-refractivity contribution in [2.24, 2.45) is 0 Å². The van der Waals surface area contributed by atoms with Gasteiger partial charge >= 0.3 is 0 Å². The van der Waals surface area contributed by atoms with Gasteiger partial charge in [0.2, 0.25) is 0 Å². The van der Waals surface area contributed by atoms with Crippen molar-refractivity contribution in [2.45, 2.75) is 25.7 Å². The molecule has 0 saturated carbocycles. The Bertz CT molecular complexity index is 540. The maximum Gasteiger partial charge on any atom is 0.134 e. The largest absolute Gasteiger partial charge is 0.493 e. The number of aliphatic hydroxyl groups excluding tert-OH is 1. The lowest BCUT2D eigenvalue weighted by Gasteiger charge is -2.08. The van der Waals surface area contributed by atoms with Crippen molar-refractivity contribution in [3.8, 4) is 16.9 Å². The van der Waals surface area contributed by atoms with Crippen LogP contribution in [0.1, 0.15) is 25.7 Å². The van der Waals surface area contributed by atoms with E-state index < -0.39 is 0 Å². The SMILES string of the molecule is OCCCCCCOc1ccc(-c2ccccc2)c(F)c1. The van der Waals surface area contributed by atoms with Gasteiger partial charge in [-0.05, 0) is 37.0 Å². The Hall–Kier alpha value is -1.87. The summed E-state index contributed by atoms with van der Waals surface area (Å²) in [6.45, 7) is 0.822. The molecule has 0 amide bonds. The van der Waals surface area contributed by atoms with E-state index in [1.54, 1.807) is 12.1 Å². The van der Waals surface area contributed by atoms with E-state index in [-0.39, 0.29) is 12.4 Å². The van der Waals surface area contributed by atoms with Gasteiger partial charge in [0.15, 0.2) is 0 Å². The quantitative estimate of drug-likeness (QED) is 0.728. The average Bonchev–Trinajstić information content (AvgIpc) is 2.52. The summed E-state index contributed by atoms with van der Waals surface area (Å²) in [6, 6.07) is 14.5. The fourth-order valence-corrected chi connectivity index (χ4v) is 2.19. The van der Waals surface area contributed by atoms with E-state index in [9.17, 15) is 4.39 Å². The highest BCUT2D eigenvalue weighted by atomic mass is 19.1. The Kier molecular flexibility index (Phi) is 6.22. The predicted octanol–water partition coefficient (Wildman–Crippen LogP) is 4.42. The van der Waals surface area contributed by atoms with E-state index in [1.807, 2.05) is 30.3 Å². The molecule has 1 N–H and O–H groups in total. The second kappa shape index (κ2) is 8.42. The molecule has 0 aromatic heterocycles. The minimum Gasteiger partial charge on any atom is -0.493 e. The number of hydrogen-bond acceptors (Lipinski definition) is 2. The van der Waals surface area contributed by atoms with Crippen LogP contribution in [0.15, 0.2) is 48.5 Å². The summed E-state index contributed by atoms with van der Waals surface area (Å²) >= 11 is 0. The molecule has 0 fully saturated rings. The second-order valence-corrected chi connectivity index (χ2v) is 4.99. The summed E-state index contributed by atoms with van der Waals surface area (Å²) in [5.41, 5.74) is 1.46. The smallest absolute Gasteiger partial charge is 0.134 e. The molecule has 0 saturated heterocycles. The molecule has 0 spiro atoms. The topological polar surface area (TPSA) is 29.5 Å². The van der Waals surface area contributed by atoms with Crippen LogP contribution in [-0.4, -0.2) is 18.3 Å². The first-order valence-electron chi connectivity index (χ1n) is 7.40. The molecular formula is C18H21FO2. The lowest BCUT2D eigenvalue weighted by molar-refractivity contribution is 0.273. The highest BCUT2D eigenvalue weighted by Gasteiger charge is 2.06. The third-order valence-corrected chi connectivity index (χ3v) is 3.35. The number of unbranched alkanes of at least 4 members (excludes halogenated alkanes) is 3. The van der Waals surface area contributed by atoms with Crippen LogP contribution >= 0.6 is 0 Å². The summed E-state index contributed by atoms with van der Waals surface area (Å²) < 4.78 is 19.7. The second-order valence-electron chi connectivity index (χ2n) is 4.99. The van der Waals surface area contributed by atoms with Crippen molar-refractivity contribution in [2.75, 3.05) is 13.2 Å². The van der Waals surface area contributed by atoms with Crippen molar-refractivity contribution in [3.63, 3.8) is 0 Å². The van der Waals surface area contributed by atoms with Crippen LogP contribution < -0.4 is 4.74 Å². The van der Waals surface area contributed by atoms with Crippen LogP contribution in [0, 0.1) is 5.82 Å². The van der Waals surface area contributed by atoms with Gasteiger partial charge in [-0.2, -0.15) is 0 Å². The molecule has 2 aromatic rings. The third kappa shape index (κ3) is 4.87. The van der Waals surface area contributed by atoms with Gasteiger partial charge in [-0.1, -0.05) is 36.8 Å². The van der Waals surface area contributed by atoms with Gasteiger partial charge in [0.1, 0.15) is 11.6 Å². The number of ether oxygens (including phenoxy) is 1. The van der Waals surface area contributed by atoms with Gasteiger partial charge in [0.05, 0.1) is 6.61 Å². The zero-order chi connectivity index (χ0) is 14.9. The predicted molar refractivity (Wildman–Crippen MR) is 82.9 cm³/mol. The first-order chi connectivity index (χ1) is 10.3. The molecule has 2 nitrogen and oxygen atoms in total. The number of halogens is 1. The Labute approximate surface area is 125 Å². The van der Waals surface area contributed by atoms with Crippen molar-refractivity contribution < 1.29 is 14.2 Å². The van der Waals surface area contributed by atoms with Crippen LogP contribution in [0.3, 0.4) is 0 Å². The maximum atomic E-state index is 14.1. The lowest BCUT2D eigenvalue weighted by Crippen LogP contribution is -1.98. The average molecular weight is 288 g/mol. The summed E-state index contributed by atoms with van der Waals surface area (Å²) in [5.74, 6) is 0.299. The maximum absolute atomic E-state index is 14.1. The van der Waals surface area contributed by atoms with Crippen molar-refractivity contribution in [1.29, 1.82) is 0 Å². The van der Waals surface area contributed by atoms with Crippen molar-refractivity contribution in [1.82, 2.24) is 0 Å². The van der Waals surface area contributed by atoms with E-state index in [2.05, 4.69) is 0 Å². The summed E-state index contributed by atoms with van der Waals surface area (Å²) in [6.07, 6.45) is 3.77. The van der Waals surface area contributed by atoms with Crippen molar-refractivity contribution >= 4 is 0 Å². The molecule has 21 heavy (non-hydrogen) atoms. The zero-order valence-corrected chi connectivity index (χ0v) is 12.1. The molecule has 2 rings (SSSR count). The number of benzene rings is 2. The molecule has 2 aromatic carbocycles. The number of rotatable bonds is 8. The minimum absolute atomic E-state index is 0.243. The fourth-order valence-electron chi connectivity index (χ4n) is 2.19. The Morgan fingerprint density at radius 1 is 0.905 bits per heavy atom. The van der Waals surface area contributed by atoms with Crippen LogP contribution in [0.25, 0.3) is 11.1 Å². The zero-order valence-electron chi connectivity index (χ0n) is 12.1. The minimum atomic E-state index is -0.265. The monoisotopic (exact) mass is 288 g/mol. The van der Waals surface area contributed by atoms with Crippen LogP contribution in [-0.2, 0) is 0 Å². The molecule has 0 radical (unpaired) electrons. The summed E-state index contributed by atoms with van der Waals surface area (Å²) in [7, 11) is 0. The highest BCUT2D eigenvalue weighted by molar-refractivity contribution is 5.64. The Morgan fingerprint density at radius 3 is 2.38 bits per heavy atom. The molecule has 0 bridgehead atoms. The lowest BCUT2D eigenvalue weighted by atomic mass is 10.1. The van der Waals surface area contributed by atoms with Crippen LogP contribution in [0.2, 0.25) is 0 Å². The van der Waals surface area contributed by atoms with Gasteiger partial charge < -0.3 is 9.84 Å². The standard InChI is InChI=1S/C18H21FO2/c19-18-14-16(21-13-7-2-1-6-12-20)10-11-17(18)15-8-4-3-5-9-15/h3-5,8-11,14,20H,1-2,6-7,12-13H2. The molecular weight excluding hydrogens is 267 g/mol. The molecule has 0 aliphatic carbocycles. The van der Waals surface area contributed by atoms with E-state index in [0.717, 1.165) is 31.2 Å².